The number of nitrogens with one attached hydrogen (secondary N) is 1. The fraction of sp³-hybridized carbons (Fsp3) is 0.533. The summed E-state index contributed by atoms with van der Waals surface area (Å²) in [5.74, 6) is 0.409. The number of morpholine rings is 1. The summed E-state index contributed by atoms with van der Waals surface area (Å²) >= 11 is 0. The van der Waals surface area contributed by atoms with Gasteiger partial charge in [-0.1, -0.05) is 43.7 Å². The largest absolute Gasteiger partial charge is 0.366 e. The maximum atomic E-state index is 11.8. The molecule has 3 rings (SSSR count). The summed E-state index contributed by atoms with van der Waals surface area (Å²) in [6, 6.07) is 10.3. The molecule has 1 heterocycles. The van der Waals surface area contributed by atoms with Crippen LogP contribution in [0.5, 0.6) is 0 Å². The van der Waals surface area contributed by atoms with E-state index in [4.69, 9.17) is 4.74 Å². The van der Waals surface area contributed by atoms with Gasteiger partial charge in [-0.3, -0.25) is 4.79 Å². The Balaban J connectivity index is 2.08. The van der Waals surface area contributed by atoms with Gasteiger partial charge in [-0.15, -0.1) is 0 Å². The third kappa shape index (κ3) is 1.65. The van der Waals surface area contributed by atoms with Crippen LogP contribution < -0.4 is 5.32 Å². The molecule has 1 aliphatic carbocycles. The molecule has 0 radical (unpaired) electrons. The van der Waals surface area contributed by atoms with Gasteiger partial charge in [0, 0.05) is 0 Å². The third-order valence-electron chi connectivity index (χ3n) is 4.40. The second-order valence-corrected chi connectivity index (χ2v) is 5.41. The number of carbonyl (C=O) groups is 1. The summed E-state index contributed by atoms with van der Waals surface area (Å²) in [5, 5.41) is 3.23. The van der Waals surface area contributed by atoms with E-state index < -0.39 is 0 Å². The molecule has 2 fully saturated rings. The number of carbonyl (C=O) groups excluding carboxylic acids is 1. The van der Waals surface area contributed by atoms with Gasteiger partial charge in [-0.05, 0) is 24.3 Å². The van der Waals surface area contributed by atoms with Crippen molar-refractivity contribution < 1.29 is 9.53 Å². The number of amides is 1. The van der Waals surface area contributed by atoms with Gasteiger partial charge in [0.1, 0.15) is 6.61 Å². The maximum absolute atomic E-state index is 11.8. The summed E-state index contributed by atoms with van der Waals surface area (Å²) in [6.07, 6.45) is 3.45. The van der Waals surface area contributed by atoms with E-state index in [0.29, 0.717) is 5.92 Å². The Morgan fingerprint density at radius 2 is 2.06 bits per heavy atom. The Morgan fingerprint density at radius 1 is 1.28 bits per heavy atom. The first-order chi connectivity index (χ1) is 8.73. The Bertz CT molecular complexity index is 445. The number of benzene rings is 1. The minimum Gasteiger partial charge on any atom is -0.366 e. The lowest BCUT2D eigenvalue weighted by Crippen LogP contribution is -2.64. The molecule has 1 N–H and O–H groups in total. The minimum atomic E-state index is -0.325. The number of hydrogen-bond donors (Lipinski definition) is 1. The van der Waals surface area contributed by atoms with Crippen molar-refractivity contribution in [3.63, 3.8) is 0 Å². The zero-order valence-corrected chi connectivity index (χ0v) is 10.7. The lowest BCUT2D eigenvalue weighted by atomic mass is 9.67. The van der Waals surface area contributed by atoms with E-state index in [1.54, 1.807) is 0 Å². The standard InChI is InChI=1S/C15H19NO2/c1-11-6-5-9-13-15(11,16-14(17)10-18-13)12-7-3-2-4-8-12/h2-4,7-8,11,13H,5-6,9-10H2,1H3,(H,16,17). The van der Waals surface area contributed by atoms with Crippen molar-refractivity contribution in [1.29, 1.82) is 0 Å². The Kier molecular flexibility index (Phi) is 2.86. The molecule has 1 saturated carbocycles. The molecule has 3 unspecified atom stereocenters. The van der Waals surface area contributed by atoms with Crippen LogP contribution in [-0.2, 0) is 15.1 Å². The van der Waals surface area contributed by atoms with Crippen LogP contribution in [0.3, 0.4) is 0 Å². The Morgan fingerprint density at radius 3 is 2.83 bits per heavy atom. The van der Waals surface area contributed by atoms with Gasteiger partial charge >= 0.3 is 0 Å². The SMILES string of the molecule is CC1CCCC2OCC(=O)NC12c1ccccc1. The Labute approximate surface area is 108 Å². The summed E-state index contributed by atoms with van der Waals surface area (Å²) in [5.41, 5.74) is 0.852. The van der Waals surface area contributed by atoms with Gasteiger partial charge in [-0.2, -0.15) is 0 Å². The van der Waals surface area contributed by atoms with Crippen LogP contribution in [0.15, 0.2) is 30.3 Å². The molecule has 1 amide bonds. The molecule has 1 saturated heterocycles. The predicted molar refractivity (Wildman–Crippen MR) is 69.0 cm³/mol. The molecule has 2 aliphatic rings. The van der Waals surface area contributed by atoms with Crippen molar-refractivity contribution in [2.24, 2.45) is 5.92 Å². The predicted octanol–water partition coefficient (Wildman–Crippen LogP) is 2.22. The molecule has 3 atom stereocenters. The van der Waals surface area contributed by atoms with Gasteiger partial charge in [0.05, 0.1) is 11.6 Å². The highest BCUT2D eigenvalue weighted by molar-refractivity contribution is 5.79. The fourth-order valence-electron chi connectivity index (χ4n) is 3.50. The number of rotatable bonds is 1. The summed E-state index contributed by atoms with van der Waals surface area (Å²) in [6.45, 7) is 2.42. The van der Waals surface area contributed by atoms with Crippen molar-refractivity contribution >= 4 is 5.91 Å². The molecule has 1 aromatic carbocycles. The van der Waals surface area contributed by atoms with Crippen LogP contribution in [0.1, 0.15) is 31.7 Å². The van der Waals surface area contributed by atoms with Crippen LogP contribution in [0.4, 0.5) is 0 Å². The lowest BCUT2D eigenvalue weighted by Gasteiger charge is -2.51. The smallest absolute Gasteiger partial charge is 0.246 e. The highest BCUT2D eigenvalue weighted by atomic mass is 16.5. The fourth-order valence-corrected chi connectivity index (χ4v) is 3.50. The molecular formula is C15H19NO2. The van der Waals surface area contributed by atoms with E-state index in [1.165, 1.54) is 12.0 Å². The Hall–Kier alpha value is -1.35. The van der Waals surface area contributed by atoms with Crippen LogP contribution in [-0.4, -0.2) is 18.6 Å². The van der Waals surface area contributed by atoms with Crippen molar-refractivity contribution in [2.75, 3.05) is 6.61 Å². The van der Waals surface area contributed by atoms with Gasteiger partial charge in [0.2, 0.25) is 5.91 Å². The molecule has 18 heavy (non-hydrogen) atoms. The van der Waals surface area contributed by atoms with E-state index in [2.05, 4.69) is 24.4 Å². The second-order valence-electron chi connectivity index (χ2n) is 5.41. The number of fused-ring (bicyclic) bond motifs is 1. The van der Waals surface area contributed by atoms with Crippen LogP contribution in [0.25, 0.3) is 0 Å². The molecule has 96 valence electrons. The quantitative estimate of drug-likeness (QED) is 0.824. The highest BCUT2D eigenvalue weighted by Crippen LogP contribution is 2.44. The average Bonchev–Trinajstić information content (AvgIpc) is 2.41. The number of ether oxygens (including phenoxy) is 1. The zero-order valence-electron chi connectivity index (χ0n) is 10.7. The lowest BCUT2D eigenvalue weighted by molar-refractivity contribution is -0.154. The normalized spacial score (nSPS) is 35.7. The van der Waals surface area contributed by atoms with Crippen LogP contribution >= 0.6 is 0 Å². The molecular weight excluding hydrogens is 226 g/mol. The van der Waals surface area contributed by atoms with E-state index in [0.717, 1.165) is 12.8 Å². The molecule has 0 aromatic heterocycles. The monoisotopic (exact) mass is 245 g/mol. The molecule has 3 nitrogen and oxygen atoms in total. The van der Waals surface area contributed by atoms with E-state index in [1.807, 2.05) is 18.2 Å². The van der Waals surface area contributed by atoms with Gasteiger partial charge in [0.15, 0.2) is 0 Å². The van der Waals surface area contributed by atoms with Crippen LogP contribution in [0, 0.1) is 5.92 Å². The molecule has 3 heteroatoms. The summed E-state index contributed by atoms with van der Waals surface area (Å²) < 4.78 is 5.81. The van der Waals surface area contributed by atoms with E-state index >= 15 is 0 Å². The summed E-state index contributed by atoms with van der Waals surface area (Å²) in [7, 11) is 0. The van der Waals surface area contributed by atoms with Crippen molar-refractivity contribution in [2.45, 2.75) is 37.8 Å². The van der Waals surface area contributed by atoms with Crippen LogP contribution in [0.2, 0.25) is 0 Å². The van der Waals surface area contributed by atoms with Crippen molar-refractivity contribution in [1.82, 2.24) is 5.32 Å². The van der Waals surface area contributed by atoms with E-state index in [9.17, 15) is 4.79 Å². The molecule has 1 aliphatic heterocycles. The maximum Gasteiger partial charge on any atom is 0.246 e. The zero-order chi connectivity index (χ0) is 12.6. The molecule has 0 bridgehead atoms. The highest BCUT2D eigenvalue weighted by Gasteiger charge is 2.51. The minimum absolute atomic E-state index is 0.00357. The van der Waals surface area contributed by atoms with Crippen molar-refractivity contribution in [3.8, 4) is 0 Å². The first-order valence-corrected chi connectivity index (χ1v) is 6.71. The molecule has 0 spiro atoms. The van der Waals surface area contributed by atoms with Gasteiger partial charge in [0.25, 0.3) is 0 Å². The first-order valence-electron chi connectivity index (χ1n) is 6.71. The number of hydrogen-bond acceptors (Lipinski definition) is 2. The average molecular weight is 245 g/mol. The summed E-state index contributed by atoms with van der Waals surface area (Å²) in [4.78, 5) is 11.8. The van der Waals surface area contributed by atoms with Gasteiger partial charge < -0.3 is 10.1 Å². The third-order valence-corrected chi connectivity index (χ3v) is 4.40. The topological polar surface area (TPSA) is 38.3 Å². The first kappa shape index (κ1) is 11.7. The second kappa shape index (κ2) is 4.39. The molecule has 1 aromatic rings. The van der Waals surface area contributed by atoms with Crippen molar-refractivity contribution in [3.05, 3.63) is 35.9 Å². The van der Waals surface area contributed by atoms with E-state index in [-0.39, 0.29) is 24.2 Å². The van der Waals surface area contributed by atoms with Gasteiger partial charge in [-0.25, -0.2) is 0 Å².